The Morgan fingerprint density at radius 1 is 0.759 bits per heavy atom. The molecule has 0 saturated carbocycles. The monoisotopic (exact) mass is 485 g/mol. The normalized spacial score (nSPS) is 10.7. The molecule has 0 unspecified atom stereocenters. The number of aromatic hydroxyl groups is 1. The van der Waals surface area contributed by atoms with E-state index < -0.39 is 25.4 Å². The van der Waals surface area contributed by atoms with Gasteiger partial charge in [-0.2, -0.15) is 0 Å². The van der Waals surface area contributed by atoms with Crippen molar-refractivity contribution in [2.45, 2.75) is 26.2 Å². The van der Waals surface area contributed by atoms with Gasteiger partial charge in [0.2, 0.25) is 5.30 Å². The van der Waals surface area contributed by atoms with Crippen molar-refractivity contribution in [1.29, 1.82) is 0 Å². The number of phenolic OH excluding ortho intramolecular Hbond substituents is 1. The van der Waals surface area contributed by atoms with Gasteiger partial charge in [-0.15, -0.1) is 0 Å². The van der Waals surface area contributed by atoms with E-state index in [1.165, 1.54) is 0 Å². The summed E-state index contributed by atoms with van der Waals surface area (Å²) in [6.45, 7) is 6.23. The summed E-state index contributed by atoms with van der Waals surface area (Å²) in [6, 6.07) is 24.9. The van der Waals surface area contributed by atoms with E-state index in [9.17, 15) is 5.11 Å². The molecule has 29 heavy (non-hydrogen) atoms. The molecule has 0 amide bonds. The van der Waals surface area contributed by atoms with Crippen LogP contribution >= 0.6 is 27.0 Å². The first-order chi connectivity index (χ1) is 13.9. The number of halogens is 2. The van der Waals surface area contributed by atoms with Gasteiger partial charge in [0.25, 0.3) is 0 Å². The predicted molar refractivity (Wildman–Crippen MR) is 121 cm³/mol. The van der Waals surface area contributed by atoms with E-state index in [4.69, 9.17) is 27.7 Å². The molecule has 0 fully saturated rings. The van der Waals surface area contributed by atoms with Crippen molar-refractivity contribution in [3.05, 3.63) is 84.4 Å². The van der Waals surface area contributed by atoms with Crippen molar-refractivity contribution in [3.63, 3.8) is 0 Å². The van der Waals surface area contributed by atoms with Crippen LogP contribution in [-0.4, -0.2) is 5.11 Å². The molecule has 0 aliphatic heterocycles. The third-order valence-corrected chi connectivity index (χ3v) is 5.66. The summed E-state index contributed by atoms with van der Waals surface area (Å²) in [7, 11) is 7.79. The molecule has 0 aromatic heterocycles. The number of rotatable bonds is 5. The molecule has 3 aromatic carbocycles. The van der Waals surface area contributed by atoms with Gasteiger partial charge in [-0.1, -0.05) is 69.3 Å². The predicted octanol–water partition coefficient (Wildman–Crippen LogP) is 6.89. The van der Waals surface area contributed by atoms with Gasteiger partial charge in [-0.3, -0.25) is 0 Å². The zero-order valence-electron chi connectivity index (χ0n) is 16.5. The fourth-order valence-corrected chi connectivity index (χ4v) is 4.16. The van der Waals surface area contributed by atoms with Crippen LogP contribution in [0.4, 0.5) is 0 Å². The Morgan fingerprint density at radius 3 is 1.62 bits per heavy atom. The number of hydrogen-bond donors (Lipinski definition) is 1. The van der Waals surface area contributed by atoms with Crippen LogP contribution in [0.1, 0.15) is 26.3 Å². The van der Waals surface area contributed by atoms with Crippen LogP contribution < -0.4 is 14.4 Å². The van der Waals surface area contributed by atoms with Gasteiger partial charge >= 0.3 is 44.0 Å². The van der Waals surface area contributed by atoms with Crippen LogP contribution in [0, 0.1) is 0 Å². The first-order valence-corrected chi connectivity index (χ1v) is 14.6. The maximum atomic E-state index is 10.9. The molecule has 0 radical (unpaired) electrons. The standard InChI is InChI=1S/C22H23O3P.2ClH.Ti/c1-22(2,3)19-15-10-16-20(21(19)23)26(24-17-11-6-4-7-12-17)25-18-13-8-5-9-14-18;;;/h4-16,23H,1-3H3;2*1H;/q;;;+2/p-1. The summed E-state index contributed by atoms with van der Waals surface area (Å²) in [5.41, 5.74) is 0.706. The molecule has 0 spiro atoms. The molecule has 3 rings (SSSR count). The van der Waals surface area contributed by atoms with Crippen molar-refractivity contribution in [1.82, 2.24) is 0 Å². The summed E-state index contributed by atoms with van der Waals surface area (Å²) in [5, 5.41) is 11.6. The fourth-order valence-electron chi connectivity index (χ4n) is 2.64. The van der Waals surface area contributed by atoms with Crippen molar-refractivity contribution in [2.24, 2.45) is 0 Å². The molecule has 0 aliphatic carbocycles. The third-order valence-electron chi connectivity index (χ3n) is 3.97. The molecule has 1 N–H and O–H groups in total. The second-order valence-corrected chi connectivity index (χ2v) is 11.2. The Balaban J connectivity index is 0.000000941. The first kappa shape index (κ1) is 24.1. The van der Waals surface area contributed by atoms with E-state index in [0.29, 0.717) is 5.30 Å². The van der Waals surface area contributed by atoms with Crippen LogP contribution in [0.25, 0.3) is 0 Å². The molecule has 0 atom stereocenters. The van der Waals surface area contributed by atoms with Gasteiger partial charge in [-0.25, -0.2) is 0 Å². The van der Waals surface area contributed by atoms with Crippen LogP contribution in [0.2, 0.25) is 0 Å². The van der Waals surface area contributed by atoms with Crippen molar-refractivity contribution >= 4 is 32.3 Å². The molecular formula is C22H24Cl2O3PTi+. The summed E-state index contributed by atoms with van der Waals surface area (Å²) in [5.74, 6) is 1.69. The molecule has 152 valence electrons. The second kappa shape index (κ2) is 11.8. The van der Waals surface area contributed by atoms with E-state index >= 15 is 0 Å². The summed E-state index contributed by atoms with van der Waals surface area (Å²) in [6.07, 6.45) is 0. The van der Waals surface area contributed by atoms with E-state index in [0.717, 1.165) is 17.1 Å². The zero-order chi connectivity index (χ0) is 21.3. The molecule has 0 heterocycles. The van der Waals surface area contributed by atoms with E-state index in [1.807, 2.05) is 78.9 Å². The molecular weight excluding hydrogens is 462 g/mol. The Morgan fingerprint density at radius 2 is 1.21 bits per heavy atom. The van der Waals surface area contributed by atoms with Gasteiger partial charge in [0, 0.05) is 5.56 Å². The van der Waals surface area contributed by atoms with Crippen molar-refractivity contribution < 1.29 is 31.2 Å². The number of phenols is 1. The SMILES string of the molecule is CC(C)(C)c1cccc([PH+](Oc2ccccc2)Oc2ccccc2)c1O.[Cl][Ti][Cl]. The average molecular weight is 486 g/mol. The quantitative estimate of drug-likeness (QED) is 0.315. The molecule has 0 bridgehead atoms. The minimum atomic E-state index is -1.99. The van der Waals surface area contributed by atoms with Crippen LogP contribution in [-0.2, 0) is 22.4 Å². The molecule has 7 heteroatoms. The molecule has 0 saturated heterocycles. The van der Waals surface area contributed by atoms with Gasteiger partial charge in [0.1, 0.15) is 0 Å². The molecule has 3 aromatic rings. The van der Waals surface area contributed by atoms with E-state index in [-0.39, 0.29) is 11.2 Å². The number of para-hydroxylation sites is 3. The van der Waals surface area contributed by atoms with Gasteiger partial charge in [0.15, 0.2) is 17.2 Å². The maximum absolute atomic E-state index is 10.9. The Hall–Kier alpha value is -1.22. The van der Waals surface area contributed by atoms with Crippen LogP contribution in [0.15, 0.2) is 78.9 Å². The average Bonchev–Trinajstić information content (AvgIpc) is 2.69. The first-order valence-electron chi connectivity index (χ1n) is 8.98. The Labute approximate surface area is 190 Å². The van der Waals surface area contributed by atoms with Gasteiger partial charge in [-0.05, 0) is 35.7 Å². The third kappa shape index (κ3) is 7.52. The fraction of sp³-hybridized carbons (Fsp3) is 0.182. The topological polar surface area (TPSA) is 38.7 Å². The van der Waals surface area contributed by atoms with Crippen LogP contribution in [0.3, 0.4) is 0 Å². The number of benzene rings is 3. The molecule has 3 nitrogen and oxygen atoms in total. The van der Waals surface area contributed by atoms with Crippen molar-refractivity contribution in [3.8, 4) is 17.2 Å². The van der Waals surface area contributed by atoms with Crippen LogP contribution in [0.5, 0.6) is 17.2 Å². The van der Waals surface area contributed by atoms with Crippen molar-refractivity contribution in [2.75, 3.05) is 0 Å². The minimum absolute atomic E-state index is 0.174. The van der Waals surface area contributed by atoms with Gasteiger partial charge < -0.3 is 14.2 Å². The summed E-state index contributed by atoms with van der Waals surface area (Å²) >= 11 is -0.556. The molecule has 0 aliphatic rings. The summed E-state index contributed by atoms with van der Waals surface area (Å²) < 4.78 is 12.3. The van der Waals surface area contributed by atoms with E-state index in [1.54, 1.807) is 0 Å². The Kier molecular flexibility index (Phi) is 9.82. The van der Waals surface area contributed by atoms with E-state index in [2.05, 4.69) is 20.8 Å². The number of hydrogen-bond acceptors (Lipinski definition) is 3. The Bertz CT molecular complexity index is 833. The van der Waals surface area contributed by atoms with Gasteiger partial charge in [0.05, 0.1) is 0 Å². The second-order valence-electron chi connectivity index (χ2n) is 7.14. The zero-order valence-corrected chi connectivity index (χ0v) is 20.6. The summed E-state index contributed by atoms with van der Waals surface area (Å²) in [4.78, 5) is 0.